The van der Waals surface area contributed by atoms with E-state index < -0.39 is 0 Å². The van der Waals surface area contributed by atoms with E-state index in [9.17, 15) is 5.11 Å². The highest BCUT2D eigenvalue weighted by Gasteiger charge is 2.10. The monoisotopic (exact) mass is 224 g/mol. The van der Waals surface area contributed by atoms with Crippen LogP contribution in [-0.4, -0.2) is 29.3 Å². The molecule has 0 aromatic carbocycles. The first-order chi connectivity index (χ1) is 7.65. The Bertz CT molecular complexity index is 316. The van der Waals surface area contributed by atoms with Crippen LogP contribution in [0.4, 0.5) is 5.82 Å². The number of aliphatic hydroxyl groups excluding tert-OH is 1. The molecule has 0 aliphatic carbocycles. The summed E-state index contributed by atoms with van der Waals surface area (Å²) in [7, 11) is 0. The summed E-state index contributed by atoms with van der Waals surface area (Å²) < 4.78 is 5.42. The minimum atomic E-state index is -0.378. The molecule has 0 aliphatic rings. The lowest BCUT2D eigenvalue weighted by atomic mass is 10.1. The van der Waals surface area contributed by atoms with Crippen LogP contribution in [0.5, 0.6) is 5.75 Å². The van der Waals surface area contributed by atoms with Gasteiger partial charge in [-0.3, -0.25) is 0 Å². The van der Waals surface area contributed by atoms with Gasteiger partial charge in [-0.25, -0.2) is 4.98 Å². The Kier molecular flexibility index (Phi) is 5.05. The SMILES string of the molecule is CCOc1cccnc1NCC(O)C(C)C. The number of rotatable bonds is 6. The second-order valence-electron chi connectivity index (χ2n) is 3.98. The fourth-order valence-corrected chi connectivity index (χ4v) is 1.23. The van der Waals surface area contributed by atoms with Gasteiger partial charge in [0, 0.05) is 12.7 Å². The van der Waals surface area contributed by atoms with Gasteiger partial charge in [-0.2, -0.15) is 0 Å². The van der Waals surface area contributed by atoms with Crippen molar-refractivity contribution in [2.45, 2.75) is 26.9 Å². The van der Waals surface area contributed by atoms with Crippen molar-refractivity contribution in [1.82, 2.24) is 4.98 Å². The summed E-state index contributed by atoms with van der Waals surface area (Å²) in [6, 6.07) is 3.69. The van der Waals surface area contributed by atoms with Crippen molar-refractivity contribution in [2.24, 2.45) is 5.92 Å². The number of anilines is 1. The van der Waals surface area contributed by atoms with E-state index in [-0.39, 0.29) is 12.0 Å². The standard InChI is InChI=1S/C12H20N2O2/c1-4-16-11-6-5-7-13-12(11)14-8-10(15)9(2)3/h5-7,9-10,15H,4,8H2,1-3H3,(H,13,14). The van der Waals surface area contributed by atoms with Gasteiger partial charge in [-0.05, 0) is 25.0 Å². The maximum absolute atomic E-state index is 9.68. The van der Waals surface area contributed by atoms with Gasteiger partial charge in [-0.15, -0.1) is 0 Å². The van der Waals surface area contributed by atoms with Crippen LogP contribution in [0.2, 0.25) is 0 Å². The van der Waals surface area contributed by atoms with Crippen LogP contribution < -0.4 is 10.1 Å². The first-order valence-electron chi connectivity index (χ1n) is 5.65. The summed E-state index contributed by atoms with van der Waals surface area (Å²) in [6.45, 7) is 6.98. The molecule has 0 saturated carbocycles. The lowest BCUT2D eigenvalue weighted by Gasteiger charge is -2.16. The highest BCUT2D eigenvalue weighted by Crippen LogP contribution is 2.20. The fourth-order valence-electron chi connectivity index (χ4n) is 1.23. The van der Waals surface area contributed by atoms with Crippen LogP contribution in [0, 0.1) is 5.92 Å². The largest absolute Gasteiger partial charge is 0.490 e. The number of nitrogens with zero attached hydrogens (tertiary/aromatic N) is 1. The number of nitrogens with one attached hydrogen (secondary N) is 1. The number of aliphatic hydroxyl groups is 1. The molecule has 2 N–H and O–H groups in total. The summed E-state index contributed by atoms with van der Waals surface area (Å²) in [5, 5.41) is 12.8. The molecule has 1 unspecified atom stereocenters. The fraction of sp³-hybridized carbons (Fsp3) is 0.583. The summed E-state index contributed by atoms with van der Waals surface area (Å²) in [5.41, 5.74) is 0. The first kappa shape index (κ1) is 12.8. The van der Waals surface area contributed by atoms with E-state index in [0.29, 0.717) is 19.0 Å². The molecule has 16 heavy (non-hydrogen) atoms. The first-order valence-corrected chi connectivity index (χ1v) is 5.65. The van der Waals surface area contributed by atoms with Gasteiger partial charge in [-0.1, -0.05) is 13.8 Å². The predicted molar refractivity (Wildman–Crippen MR) is 64.7 cm³/mol. The lowest BCUT2D eigenvalue weighted by Crippen LogP contribution is -2.25. The van der Waals surface area contributed by atoms with Crippen LogP contribution in [0.15, 0.2) is 18.3 Å². The Morgan fingerprint density at radius 2 is 2.25 bits per heavy atom. The van der Waals surface area contributed by atoms with Crippen molar-refractivity contribution in [3.8, 4) is 5.75 Å². The molecule has 0 amide bonds. The van der Waals surface area contributed by atoms with Gasteiger partial charge in [0.25, 0.3) is 0 Å². The van der Waals surface area contributed by atoms with Gasteiger partial charge in [0.15, 0.2) is 11.6 Å². The maximum atomic E-state index is 9.68. The van der Waals surface area contributed by atoms with Crippen molar-refractivity contribution in [3.63, 3.8) is 0 Å². The Balaban J connectivity index is 2.58. The van der Waals surface area contributed by atoms with Crippen molar-refractivity contribution in [1.29, 1.82) is 0 Å². The number of pyridine rings is 1. The minimum absolute atomic E-state index is 0.228. The van der Waals surface area contributed by atoms with Gasteiger partial charge in [0.05, 0.1) is 12.7 Å². The summed E-state index contributed by atoms with van der Waals surface area (Å²) in [4.78, 5) is 4.18. The normalized spacial score (nSPS) is 12.6. The second kappa shape index (κ2) is 6.33. The Morgan fingerprint density at radius 1 is 1.50 bits per heavy atom. The molecule has 1 heterocycles. The van der Waals surface area contributed by atoms with Crippen molar-refractivity contribution < 1.29 is 9.84 Å². The number of hydrogen-bond acceptors (Lipinski definition) is 4. The van der Waals surface area contributed by atoms with Gasteiger partial charge < -0.3 is 15.2 Å². The highest BCUT2D eigenvalue weighted by molar-refractivity contribution is 5.49. The van der Waals surface area contributed by atoms with E-state index in [0.717, 1.165) is 5.75 Å². The third-order valence-corrected chi connectivity index (χ3v) is 2.32. The lowest BCUT2D eigenvalue weighted by molar-refractivity contribution is 0.137. The van der Waals surface area contributed by atoms with Crippen LogP contribution in [-0.2, 0) is 0 Å². The second-order valence-corrected chi connectivity index (χ2v) is 3.98. The number of ether oxygens (including phenoxy) is 1. The smallest absolute Gasteiger partial charge is 0.168 e. The molecule has 4 heteroatoms. The minimum Gasteiger partial charge on any atom is -0.490 e. The molecule has 1 aromatic rings. The zero-order valence-corrected chi connectivity index (χ0v) is 10.1. The molecule has 0 saturated heterocycles. The average Bonchev–Trinajstić information content (AvgIpc) is 2.27. The highest BCUT2D eigenvalue weighted by atomic mass is 16.5. The van der Waals surface area contributed by atoms with E-state index in [2.05, 4.69) is 10.3 Å². The maximum Gasteiger partial charge on any atom is 0.168 e. The van der Waals surface area contributed by atoms with Gasteiger partial charge >= 0.3 is 0 Å². The van der Waals surface area contributed by atoms with E-state index in [1.54, 1.807) is 6.20 Å². The van der Waals surface area contributed by atoms with Crippen molar-refractivity contribution in [2.75, 3.05) is 18.5 Å². The van der Waals surface area contributed by atoms with Gasteiger partial charge in [0.1, 0.15) is 0 Å². The van der Waals surface area contributed by atoms with Crippen LogP contribution in [0.1, 0.15) is 20.8 Å². The van der Waals surface area contributed by atoms with E-state index >= 15 is 0 Å². The third kappa shape index (κ3) is 3.70. The quantitative estimate of drug-likeness (QED) is 0.775. The molecule has 1 atom stereocenters. The Labute approximate surface area is 96.7 Å². The Hall–Kier alpha value is -1.29. The molecule has 0 aliphatic heterocycles. The molecule has 90 valence electrons. The molecule has 1 aromatic heterocycles. The zero-order valence-electron chi connectivity index (χ0n) is 10.1. The van der Waals surface area contributed by atoms with Crippen LogP contribution in [0.25, 0.3) is 0 Å². The van der Waals surface area contributed by atoms with E-state index in [4.69, 9.17) is 4.74 Å². The molecule has 4 nitrogen and oxygen atoms in total. The molecule has 1 rings (SSSR count). The summed E-state index contributed by atoms with van der Waals surface area (Å²) in [5.74, 6) is 1.64. The topological polar surface area (TPSA) is 54.4 Å². The molecular weight excluding hydrogens is 204 g/mol. The van der Waals surface area contributed by atoms with Gasteiger partial charge in [0.2, 0.25) is 0 Å². The predicted octanol–water partition coefficient (Wildman–Crippen LogP) is 1.91. The Morgan fingerprint density at radius 3 is 2.88 bits per heavy atom. The average molecular weight is 224 g/mol. The summed E-state index contributed by atoms with van der Waals surface area (Å²) >= 11 is 0. The molecule has 0 fully saturated rings. The van der Waals surface area contributed by atoms with Crippen molar-refractivity contribution in [3.05, 3.63) is 18.3 Å². The molecule has 0 spiro atoms. The van der Waals surface area contributed by atoms with Crippen LogP contribution >= 0.6 is 0 Å². The van der Waals surface area contributed by atoms with E-state index in [1.165, 1.54) is 0 Å². The molecular formula is C12H20N2O2. The third-order valence-electron chi connectivity index (χ3n) is 2.32. The number of hydrogen-bond donors (Lipinski definition) is 2. The van der Waals surface area contributed by atoms with E-state index in [1.807, 2.05) is 32.9 Å². The molecule has 0 bridgehead atoms. The summed E-state index contributed by atoms with van der Waals surface area (Å²) in [6.07, 6.45) is 1.32. The molecule has 0 radical (unpaired) electrons. The number of aromatic nitrogens is 1. The van der Waals surface area contributed by atoms with Crippen molar-refractivity contribution >= 4 is 5.82 Å². The zero-order chi connectivity index (χ0) is 12.0. The van der Waals surface area contributed by atoms with Crippen LogP contribution in [0.3, 0.4) is 0 Å².